The molecule has 1 heterocycles. The van der Waals surface area contributed by atoms with Crippen molar-refractivity contribution in [2.24, 2.45) is 0 Å². The van der Waals surface area contributed by atoms with E-state index in [1.807, 2.05) is 24.3 Å². The first kappa shape index (κ1) is 16.7. The molecular weight excluding hydrogens is 356 g/mol. The molecule has 1 aliphatic heterocycles. The first-order valence-corrected chi connectivity index (χ1v) is 9.66. The predicted molar refractivity (Wildman–Crippen MR) is 87.1 cm³/mol. The van der Waals surface area contributed by atoms with E-state index in [1.165, 1.54) is 6.26 Å². The molecule has 7 heteroatoms. The van der Waals surface area contributed by atoms with Crippen LogP contribution in [0.2, 0.25) is 0 Å². The maximum absolute atomic E-state index is 11.4. The molecule has 0 atom stereocenters. The molecule has 1 aliphatic rings. The third kappa shape index (κ3) is 5.58. The van der Waals surface area contributed by atoms with Gasteiger partial charge in [-0.2, -0.15) is 0 Å². The molecule has 1 fully saturated rings. The van der Waals surface area contributed by atoms with Gasteiger partial charge in [-0.3, -0.25) is 0 Å². The van der Waals surface area contributed by atoms with Gasteiger partial charge in [-0.25, -0.2) is 12.7 Å². The summed E-state index contributed by atoms with van der Waals surface area (Å²) in [6.07, 6.45) is 2.98. The van der Waals surface area contributed by atoms with Gasteiger partial charge in [0.05, 0.1) is 6.26 Å². The van der Waals surface area contributed by atoms with E-state index in [4.69, 9.17) is 4.74 Å². The number of sulfonamides is 1. The Balaban J connectivity index is 1.63. The standard InChI is InChI=1S/C14H21BrN2O3S/c1-21(18,19)17-9-6-13(7-10-17)16-8-11-20-14-4-2-12(15)3-5-14/h2-5,13,16H,6-11H2,1H3. The van der Waals surface area contributed by atoms with E-state index in [0.29, 0.717) is 25.7 Å². The molecule has 1 saturated heterocycles. The lowest BCUT2D eigenvalue weighted by atomic mass is 10.1. The van der Waals surface area contributed by atoms with Crippen molar-refractivity contribution in [3.8, 4) is 5.75 Å². The smallest absolute Gasteiger partial charge is 0.211 e. The van der Waals surface area contributed by atoms with Crippen LogP contribution in [-0.2, 0) is 10.0 Å². The summed E-state index contributed by atoms with van der Waals surface area (Å²) >= 11 is 3.38. The number of halogens is 1. The maximum atomic E-state index is 11.4. The second-order valence-corrected chi connectivity index (χ2v) is 8.09. The lowest BCUT2D eigenvalue weighted by molar-refractivity contribution is 0.264. The van der Waals surface area contributed by atoms with Crippen LogP contribution in [0.4, 0.5) is 0 Å². The van der Waals surface area contributed by atoms with Gasteiger partial charge in [-0.15, -0.1) is 0 Å². The zero-order valence-electron chi connectivity index (χ0n) is 12.1. The lowest BCUT2D eigenvalue weighted by Gasteiger charge is -2.30. The number of piperidine rings is 1. The van der Waals surface area contributed by atoms with Crippen molar-refractivity contribution >= 4 is 26.0 Å². The Morgan fingerprint density at radius 2 is 1.90 bits per heavy atom. The first-order chi connectivity index (χ1) is 9.95. The molecule has 0 bridgehead atoms. The van der Waals surface area contributed by atoms with Crippen molar-refractivity contribution in [2.45, 2.75) is 18.9 Å². The number of hydrogen-bond acceptors (Lipinski definition) is 4. The van der Waals surface area contributed by atoms with Crippen LogP contribution in [0, 0.1) is 0 Å². The minimum absolute atomic E-state index is 0.372. The average molecular weight is 377 g/mol. The summed E-state index contributed by atoms with van der Waals surface area (Å²) in [4.78, 5) is 0. The highest BCUT2D eigenvalue weighted by Gasteiger charge is 2.24. The SMILES string of the molecule is CS(=O)(=O)N1CCC(NCCOc2ccc(Br)cc2)CC1. The van der Waals surface area contributed by atoms with Crippen molar-refractivity contribution in [1.29, 1.82) is 0 Å². The molecule has 1 aromatic carbocycles. The van der Waals surface area contributed by atoms with Crippen LogP contribution >= 0.6 is 15.9 Å². The minimum atomic E-state index is -3.04. The third-order valence-electron chi connectivity index (χ3n) is 3.54. The van der Waals surface area contributed by atoms with Gasteiger partial charge in [0.1, 0.15) is 12.4 Å². The molecule has 1 N–H and O–H groups in total. The first-order valence-electron chi connectivity index (χ1n) is 7.02. The highest BCUT2D eigenvalue weighted by Crippen LogP contribution is 2.16. The normalized spacial score (nSPS) is 17.8. The van der Waals surface area contributed by atoms with Gasteiger partial charge in [0.15, 0.2) is 0 Å². The molecule has 21 heavy (non-hydrogen) atoms. The topological polar surface area (TPSA) is 58.6 Å². The second kappa shape index (κ2) is 7.58. The predicted octanol–water partition coefficient (Wildman–Crippen LogP) is 1.84. The molecule has 0 radical (unpaired) electrons. The van der Waals surface area contributed by atoms with Crippen molar-refractivity contribution in [2.75, 3.05) is 32.5 Å². The molecule has 5 nitrogen and oxygen atoms in total. The fraction of sp³-hybridized carbons (Fsp3) is 0.571. The maximum Gasteiger partial charge on any atom is 0.211 e. The van der Waals surface area contributed by atoms with Gasteiger partial charge >= 0.3 is 0 Å². The number of ether oxygens (including phenoxy) is 1. The summed E-state index contributed by atoms with van der Waals surface area (Å²) in [5, 5.41) is 3.42. The second-order valence-electron chi connectivity index (χ2n) is 5.19. The van der Waals surface area contributed by atoms with Gasteiger partial charge < -0.3 is 10.1 Å². The Morgan fingerprint density at radius 3 is 2.48 bits per heavy atom. The zero-order valence-corrected chi connectivity index (χ0v) is 14.5. The van der Waals surface area contributed by atoms with E-state index in [1.54, 1.807) is 4.31 Å². The Kier molecular flexibility index (Phi) is 6.04. The lowest BCUT2D eigenvalue weighted by Crippen LogP contribution is -2.45. The number of hydrogen-bond donors (Lipinski definition) is 1. The van der Waals surface area contributed by atoms with Crippen molar-refractivity contribution in [3.05, 3.63) is 28.7 Å². The third-order valence-corrected chi connectivity index (χ3v) is 5.37. The van der Waals surface area contributed by atoms with Gasteiger partial charge in [0.25, 0.3) is 0 Å². The average Bonchev–Trinajstić information content (AvgIpc) is 2.45. The van der Waals surface area contributed by atoms with Crippen LogP contribution in [0.1, 0.15) is 12.8 Å². The number of nitrogens with one attached hydrogen (secondary N) is 1. The quantitative estimate of drug-likeness (QED) is 0.769. The molecule has 1 aromatic rings. The highest BCUT2D eigenvalue weighted by molar-refractivity contribution is 9.10. The Hall–Kier alpha value is -0.630. The van der Waals surface area contributed by atoms with E-state index < -0.39 is 10.0 Å². The molecule has 0 saturated carbocycles. The van der Waals surface area contributed by atoms with Crippen LogP contribution in [0.25, 0.3) is 0 Å². The summed E-state index contributed by atoms with van der Waals surface area (Å²) in [5.74, 6) is 0.854. The molecule has 0 amide bonds. The largest absolute Gasteiger partial charge is 0.492 e. The van der Waals surface area contributed by atoms with Crippen molar-refractivity contribution in [1.82, 2.24) is 9.62 Å². The summed E-state index contributed by atoms with van der Waals surface area (Å²) in [6, 6.07) is 8.12. The molecule has 2 rings (SSSR count). The Bertz CT molecular complexity index is 540. The summed E-state index contributed by atoms with van der Waals surface area (Å²) < 4.78 is 31.0. The highest BCUT2D eigenvalue weighted by atomic mass is 79.9. The van der Waals surface area contributed by atoms with Gasteiger partial charge in [0, 0.05) is 30.1 Å². The molecular formula is C14H21BrN2O3S. The van der Waals surface area contributed by atoms with Gasteiger partial charge in [-0.05, 0) is 37.1 Å². The van der Waals surface area contributed by atoms with Crippen LogP contribution in [0.5, 0.6) is 5.75 Å². The zero-order chi connectivity index (χ0) is 15.3. The number of rotatable bonds is 6. The monoisotopic (exact) mass is 376 g/mol. The van der Waals surface area contributed by atoms with E-state index in [9.17, 15) is 8.42 Å². The van der Waals surface area contributed by atoms with Crippen LogP contribution in [0.15, 0.2) is 28.7 Å². The van der Waals surface area contributed by atoms with E-state index in [2.05, 4.69) is 21.2 Å². The van der Waals surface area contributed by atoms with Crippen LogP contribution in [-0.4, -0.2) is 51.3 Å². The van der Waals surface area contributed by atoms with Crippen LogP contribution in [0.3, 0.4) is 0 Å². The number of benzene rings is 1. The molecule has 0 unspecified atom stereocenters. The fourth-order valence-electron chi connectivity index (χ4n) is 2.35. The van der Waals surface area contributed by atoms with Gasteiger partial charge in [-0.1, -0.05) is 15.9 Å². The summed E-state index contributed by atoms with van der Waals surface area (Å²) in [6.45, 7) is 2.57. The summed E-state index contributed by atoms with van der Waals surface area (Å²) in [5.41, 5.74) is 0. The Labute approximate surface area is 134 Å². The van der Waals surface area contributed by atoms with Crippen LogP contribution < -0.4 is 10.1 Å². The Morgan fingerprint density at radius 1 is 1.29 bits per heavy atom. The molecule has 0 aromatic heterocycles. The number of nitrogens with zero attached hydrogens (tertiary/aromatic N) is 1. The molecule has 0 aliphatic carbocycles. The minimum Gasteiger partial charge on any atom is -0.492 e. The molecule has 118 valence electrons. The van der Waals surface area contributed by atoms with E-state index in [0.717, 1.165) is 29.6 Å². The summed E-state index contributed by atoms with van der Waals surface area (Å²) in [7, 11) is -3.04. The van der Waals surface area contributed by atoms with E-state index >= 15 is 0 Å². The van der Waals surface area contributed by atoms with Gasteiger partial charge in [0.2, 0.25) is 10.0 Å². The fourth-order valence-corrected chi connectivity index (χ4v) is 3.49. The van der Waals surface area contributed by atoms with Crippen molar-refractivity contribution < 1.29 is 13.2 Å². The van der Waals surface area contributed by atoms with E-state index in [-0.39, 0.29) is 0 Å². The van der Waals surface area contributed by atoms with Crippen molar-refractivity contribution in [3.63, 3.8) is 0 Å². The molecule has 0 spiro atoms.